The summed E-state index contributed by atoms with van der Waals surface area (Å²) in [4.78, 5) is 0.254. The van der Waals surface area contributed by atoms with Crippen LogP contribution in [0, 0.1) is 0 Å². The summed E-state index contributed by atoms with van der Waals surface area (Å²) in [5.41, 5.74) is 0.538. The van der Waals surface area contributed by atoms with Crippen LogP contribution in [0.4, 0.5) is 5.69 Å². The molecule has 1 rings (SSSR count). The standard InChI is InChI=1S/C12H19NO4S/c1-17-9-10(7-8-14)13-11-5-3-4-6-12(11)18(2,15)16/h3-6,10,13-14H,7-9H2,1-2H3. The van der Waals surface area contributed by atoms with Gasteiger partial charge in [-0.15, -0.1) is 0 Å². The van der Waals surface area contributed by atoms with Gasteiger partial charge in [-0.2, -0.15) is 0 Å². The van der Waals surface area contributed by atoms with Crippen LogP contribution in [0.5, 0.6) is 0 Å². The zero-order valence-corrected chi connectivity index (χ0v) is 11.4. The van der Waals surface area contributed by atoms with Gasteiger partial charge < -0.3 is 15.2 Å². The van der Waals surface area contributed by atoms with E-state index in [4.69, 9.17) is 9.84 Å². The summed E-state index contributed by atoms with van der Waals surface area (Å²) in [5.74, 6) is 0. The number of para-hydroxylation sites is 1. The molecule has 18 heavy (non-hydrogen) atoms. The Balaban J connectivity index is 2.95. The third kappa shape index (κ3) is 4.29. The first kappa shape index (κ1) is 14.9. The lowest BCUT2D eigenvalue weighted by atomic mass is 10.2. The summed E-state index contributed by atoms with van der Waals surface area (Å²) < 4.78 is 28.3. The highest BCUT2D eigenvalue weighted by Gasteiger charge is 2.15. The minimum absolute atomic E-state index is 0.0159. The van der Waals surface area contributed by atoms with Crippen LogP contribution in [-0.4, -0.2) is 46.1 Å². The molecule has 0 spiro atoms. The minimum Gasteiger partial charge on any atom is -0.396 e. The second-order valence-electron chi connectivity index (χ2n) is 4.08. The maximum atomic E-state index is 11.6. The van der Waals surface area contributed by atoms with Crippen LogP contribution in [0.15, 0.2) is 29.2 Å². The summed E-state index contributed by atoms with van der Waals surface area (Å²) in [6.07, 6.45) is 1.66. The van der Waals surface area contributed by atoms with Crippen LogP contribution in [-0.2, 0) is 14.6 Å². The van der Waals surface area contributed by atoms with E-state index in [1.165, 1.54) is 6.26 Å². The van der Waals surface area contributed by atoms with Gasteiger partial charge in [0, 0.05) is 20.0 Å². The Morgan fingerprint density at radius 3 is 2.61 bits per heavy atom. The van der Waals surface area contributed by atoms with Gasteiger partial charge in [-0.1, -0.05) is 12.1 Å². The van der Waals surface area contributed by atoms with E-state index in [1.807, 2.05) is 0 Å². The van der Waals surface area contributed by atoms with Crippen LogP contribution >= 0.6 is 0 Å². The maximum Gasteiger partial charge on any atom is 0.177 e. The van der Waals surface area contributed by atoms with Gasteiger partial charge in [-0.3, -0.25) is 0 Å². The number of benzene rings is 1. The molecule has 1 atom stereocenters. The summed E-state index contributed by atoms with van der Waals surface area (Å²) in [7, 11) is -1.71. The lowest BCUT2D eigenvalue weighted by molar-refractivity contribution is 0.170. The van der Waals surface area contributed by atoms with Gasteiger partial charge in [-0.25, -0.2) is 8.42 Å². The van der Waals surface area contributed by atoms with Crippen molar-refractivity contribution in [3.05, 3.63) is 24.3 Å². The Hall–Kier alpha value is -1.11. The van der Waals surface area contributed by atoms with Crippen molar-refractivity contribution >= 4 is 15.5 Å². The zero-order chi connectivity index (χ0) is 13.6. The quantitative estimate of drug-likeness (QED) is 0.772. The third-order valence-corrected chi connectivity index (χ3v) is 3.65. The second-order valence-corrected chi connectivity index (χ2v) is 6.06. The molecule has 0 aliphatic carbocycles. The smallest absolute Gasteiger partial charge is 0.177 e. The van der Waals surface area contributed by atoms with Gasteiger partial charge in [0.25, 0.3) is 0 Å². The lowest BCUT2D eigenvalue weighted by Gasteiger charge is -2.19. The van der Waals surface area contributed by atoms with Crippen LogP contribution in [0.1, 0.15) is 6.42 Å². The highest BCUT2D eigenvalue weighted by Crippen LogP contribution is 2.21. The van der Waals surface area contributed by atoms with Crippen LogP contribution < -0.4 is 5.32 Å². The minimum atomic E-state index is -3.27. The van der Waals surface area contributed by atoms with Crippen molar-refractivity contribution in [3.8, 4) is 0 Å². The zero-order valence-electron chi connectivity index (χ0n) is 10.6. The van der Waals surface area contributed by atoms with Gasteiger partial charge in [0.05, 0.1) is 23.2 Å². The maximum absolute atomic E-state index is 11.6. The molecule has 0 aromatic heterocycles. The predicted octanol–water partition coefficient (Wildman–Crippen LogP) is 0.899. The van der Waals surface area contributed by atoms with Crippen molar-refractivity contribution in [2.24, 2.45) is 0 Å². The normalized spacial score (nSPS) is 13.3. The van der Waals surface area contributed by atoms with Crippen molar-refractivity contribution < 1.29 is 18.3 Å². The molecule has 5 nitrogen and oxygen atoms in total. The Labute approximate surface area is 108 Å². The number of ether oxygens (including phenoxy) is 1. The van der Waals surface area contributed by atoms with Gasteiger partial charge >= 0.3 is 0 Å². The summed E-state index contributed by atoms with van der Waals surface area (Å²) in [6, 6.07) is 6.58. The van der Waals surface area contributed by atoms with Crippen molar-refractivity contribution in [2.75, 3.05) is 31.9 Å². The van der Waals surface area contributed by atoms with Gasteiger partial charge in [-0.05, 0) is 18.6 Å². The van der Waals surface area contributed by atoms with E-state index >= 15 is 0 Å². The Kier molecular flexibility index (Phi) is 5.58. The lowest BCUT2D eigenvalue weighted by Crippen LogP contribution is -2.26. The largest absolute Gasteiger partial charge is 0.396 e. The van der Waals surface area contributed by atoms with E-state index in [1.54, 1.807) is 31.4 Å². The second kappa shape index (κ2) is 6.72. The van der Waals surface area contributed by atoms with E-state index in [2.05, 4.69) is 5.32 Å². The fraction of sp³-hybridized carbons (Fsp3) is 0.500. The van der Waals surface area contributed by atoms with E-state index < -0.39 is 9.84 Å². The Morgan fingerprint density at radius 2 is 2.06 bits per heavy atom. The molecular weight excluding hydrogens is 254 g/mol. The molecule has 102 valence electrons. The summed E-state index contributed by atoms with van der Waals surface area (Å²) >= 11 is 0. The van der Waals surface area contributed by atoms with Crippen LogP contribution in [0.25, 0.3) is 0 Å². The number of nitrogens with one attached hydrogen (secondary N) is 1. The van der Waals surface area contributed by atoms with Crippen LogP contribution in [0.3, 0.4) is 0 Å². The molecule has 0 aliphatic rings. The first-order chi connectivity index (χ1) is 8.49. The molecule has 1 aromatic carbocycles. The highest BCUT2D eigenvalue weighted by atomic mass is 32.2. The molecule has 0 saturated heterocycles. The molecule has 0 radical (unpaired) electrons. The number of hydrogen-bond acceptors (Lipinski definition) is 5. The highest BCUT2D eigenvalue weighted by molar-refractivity contribution is 7.90. The molecule has 6 heteroatoms. The summed E-state index contributed by atoms with van der Waals surface area (Å²) in [6.45, 7) is 0.417. The number of sulfone groups is 1. The monoisotopic (exact) mass is 273 g/mol. The van der Waals surface area contributed by atoms with Crippen molar-refractivity contribution in [1.29, 1.82) is 0 Å². The van der Waals surface area contributed by atoms with Gasteiger partial charge in [0.1, 0.15) is 0 Å². The Bertz CT molecular complexity index is 467. The fourth-order valence-corrected chi connectivity index (χ4v) is 2.54. The summed E-state index contributed by atoms with van der Waals surface area (Å²) in [5, 5.41) is 12.0. The van der Waals surface area contributed by atoms with Crippen LogP contribution in [0.2, 0.25) is 0 Å². The topological polar surface area (TPSA) is 75.6 Å². The number of anilines is 1. The molecule has 0 fully saturated rings. The van der Waals surface area contributed by atoms with Crippen molar-refractivity contribution in [2.45, 2.75) is 17.4 Å². The molecule has 2 N–H and O–H groups in total. The van der Waals surface area contributed by atoms with E-state index in [-0.39, 0.29) is 17.5 Å². The molecule has 0 heterocycles. The molecule has 0 saturated carbocycles. The molecule has 1 unspecified atom stereocenters. The molecule has 1 aromatic rings. The molecule has 0 amide bonds. The Morgan fingerprint density at radius 1 is 1.39 bits per heavy atom. The molecular formula is C12H19NO4S. The number of methoxy groups -OCH3 is 1. The van der Waals surface area contributed by atoms with Gasteiger partial charge in [0.2, 0.25) is 0 Å². The van der Waals surface area contributed by atoms with E-state index in [9.17, 15) is 8.42 Å². The predicted molar refractivity (Wildman–Crippen MR) is 70.5 cm³/mol. The van der Waals surface area contributed by atoms with E-state index in [0.29, 0.717) is 18.7 Å². The first-order valence-corrected chi connectivity index (χ1v) is 7.53. The van der Waals surface area contributed by atoms with Crippen molar-refractivity contribution in [3.63, 3.8) is 0 Å². The van der Waals surface area contributed by atoms with Crippen molar-refractivity contribution in [1.82, 2.24) is 0 Å². The molecule has 0 bridgehead atoms. The van der Waals surface area contributed by atoms with Gasteiger partial charge in [0.15, 0.2) is 9.84 Å². The average molecular weight is 273 g/mol. The third-order valence-electron chi connectivity index (χ3n) is 2.49. The first-order valence-electron chi connectivity index (χ1n) is 5.64. The number of hydrogen-bond donors (Lipinski definition) is 2. The average Bonchev–Trinajstić information content (AvgIpc) is 2.29. The number of rotatable bonds is 7. The fourth-order valence-electron chi connectivity index (χ4n) is 1.68. The van der Waals surface area contributed by atoms with E-state index in [0.717, 1.165) is 0 Å². The number of aliphatic hydroxyl groups excluding tert-OH is 1. The SMILES string of the molecule is COCC(CCO)Nc1ccccc1S(C)(=O)=O. The number of aliphatic hydroxyl groups is 1. The molecule has 0 aliphatic heterocycles.